The zero-order chi connectivity index (χ0) is 14.5. The van der Waals surface area contributed by atoms with E-state index in [1.807, 2.05) is 19.1 Å². The molecular weight excluding hydrogens is 256 g/mol. The van der Waals surface area contributed by atoms with E-state index in [-0.39, 0.29) is 24.0 Å². The number of pyridine rings is 1. The first-order valence-electron chi connectivity index (χ1n) is 6.85. The quantitative estimate of drug-likeness (QED) is 0.805. The Balaban J connectivity index is 2.29. The van der Waals surface area contributed by atoms with Crippen LogP contribution in [-0.4, -0.2) is 54.7 Å². The number of carbonyl (C=O) groups is 1. The van der Waals surface area contributed by atoms with Crippen LogP contribution in [0.5, 0.6) is 0 Å². The van der Waals surface area contributed by atoms with Crippen LogP contribution in [0.2, 0.25) is 0 Å². The summed E-state index contributed by atoms with van der Waals surface area (Å²) in [5, 5.41) is 2.70. The number of hydrogen-bond acceptors (Lipinski definition) is 5. The van der Waals surface area contributed by atoms with Crippen molar-refractivity contribution in [2.45, 2.75) is 25.0 Å². The summed E-state index contributed by atoms with van der Waals surface area (Å²) in [5.74, 6) is -0.0376. The van der Waals surface area contributed by atoms with E-state index in [0.29, 0.717) is 19.8 Å². The average molecular weight is 278 g/mol. The lowest BCUT2D eigenvalue weighted by atomic mass is 9.97. The molecule has 20 heavy (non-hydrogen) atoms. The van der Waals surface area contributed by atoms with Gasteiger partial charge in [0.15, 0.2) is 0 Å². The fraction of sp³-hybridized carbons (Fsp3) is 0.571. The van der Waals surface area contributed by atoms with Gasteiger partial charge in [-0.1, -0.05) is 0 Å². The normalized spacial score (nSPS) is 23.1. The van der Waals surface area contributed by atoms with Crippen LogP contribution in [-0.2, 0) is 9.53 Å². The molecule has 1 aromatic heterocycles. The van der Waals surface area contributed by atoms with Crippen molar-refractivity contribution >= 4 is 5.91 Å². The van der Waals surface area contributed by atoms with Gasteiger partial charge in [-0.05, 0) is 24.6 Å². The number of nitrogens with zero attached hydrogens (tertiary/aromatic N) is 2. The van der Waals surface area contributed by atoms with Gasteiger partial charge in [0.2, 0.25) is 5.91 Å². The first-order valence-corrected chi connectivity index (χ1v) is 6.85. The summed E-state index contributed by atoms with van der Waals surface area (Å²) in [5.41, 5.74) is 7.24. The van der Waals surface area contributed by atoms with Gasteiger partial charge in [0.1, 0.15) is 6.04 Å². The molecule has 6 heteroatoms. The van der Waals surface area contributed by atoms with E-state index in [9.17, 15) is 4.79 Å². The largest absolute Gasteiger partial charge is 0.378 e. The Labute approximate surface area is 119 Å². The van der Waals surface area contributed by atoms with Gasteiger partial charge in [-0.25, -0.2) is 0 Å². The number of likely N-dealkylation sites (N-methyl/N-ethyl adjacent to an activating group) is 1. The molecule has 1 aliphatic heterocycles. The predicted molar refractivity (Wildman–Crippen MR) is 76.0 cm³/mol. The monoisotopic (exact) mass is 278 g/mol. The Hall–Kier alpha value is -1.50. The van der Waals surface area contributed by atoms with E-state index >= 15 is 0 Å². The molecule has 0 spiro atoms. The third kappa shape index (κ3) is 3.15. The summed E-state index contributed by atoms with van der Waals surface area (Å²) in [4.78, 5) is 18.2. The van der Waals surface area contributed by atoms with E-state index in [2.05, 4.69) is 15.2 Å². The summed E-state index contributed by atoms with van der Waals surface area (Å²) in [6.07, 6.45) is 3.50. The van der Waals surface area contributed by atoms with E-state index in [1.165, 1.54) is 0 Å². The van der Waals surface area contributed by atoms with Crippen molar-refractivity contribution in [2.75, 3.05) is 26.8 Å². The Morgan fingerprint density at radius 3 is 2.85 bits per heavy atom. The van der Waals surface area contributed by atoms with Crippen molar-refractivity contribution in [3.05, 3.63) is 30.1 Å². The number of nitrogens with two attached hydrogens (primary N) is 1. The Bertz CT molecular complexity index is 438. The van der Waals surface area contributed by atoms with Gasteiger partial charge in [-0.2, -0.15) is 0 Å². The number of hydrogen-bond donors (Lipinski definition) is 2. The highest BCUT2D eigenvalue weighted by Gasteiger charge is 2.36. The minimum Gasteiger partial charge on any atom is -0.378 e. The van der Waals surface area contributed by atoms with E-state index < -0.39 is 0 Å². The van der Waals surface area contributed by atoms with Crippen molar-refractivity contribution in [3.63, 3.8) is 0 Å². The number of nitrogens with one attached hydrogen (secondary N) is 1. The molecule has 1 saturated heterocycles. The number of amides is 1. The average Bonchev–Trinajstić information content (AvgIpc) is 2.48. The first-order chi connectivity index (χ1) is 9.65. The van der Waals surface area contributed by atoms with Crippen LogP contribution in [0.3, 0.4) is 0 Å². The first kappa shape index (κ1) is 14.9. The molecule has 1 amide bonds. The lowest BCUT2D eigenvalue weighted by molar-refractivity contribution is -0.134. The van der Waals surface area contributed by atoms with Crippen molar-refractivity contribution < 1.29 is 9.53 Å². The molecule has 0 radical (unpaired) electrons. The molecule has 1 aromatic rings. The van der Waals surface area contributed by atoms with Crippen LogP contribution in [0.4, 0.5) is 0 Å². The number of carbonyl (C=O) groups excluding carboxylic acids is 1. The molecule has 3 unspecified atom stereocenters. The van der Waals surface area contributed by atoms with Crippen LogP contribution < -0.4 is 11.1 Å². The van der Waals surface area contributed by atoms with Gasteiger partial charge >= 0.3 is 0 Å². The van der Waals surface area contributed by atoms with Crippen LogP contribution in [0.15, 0.2) is 24.5 Å². The van der Waals surface area contributed by atoms with Gasteiger partial charge < -0.3 is 15.8 Å². The fourth-order valence-electron chi connectivity index (χ4n) is 2.70. The highest BCUT2D eigenvalue weighted by atomic mass is 16.5. The highest BCUT2D eigenvalue weighted by Crippen LogP contribution is 2.27. The van der Waals surface area contributed by atoms with Crippen LogP contribution in [0.25, 0.3) is 0 Å². The second kappa shape index (κ2) is 6.78. The van der Waals surface area contributed by atoms with Crippen LogP contribution in [0.1, 0.15) is 18.5 Å². The van der Waals surface area contributed by atoms with Crippen LogP contribution >= 0.6 is 0 Å². The summed E-state index contributed by atoms with van der Waals surface area (Å²) in [6, 6.07) is 3.47. The molecule has 3 atom stereocenters. The van der Waals surface area contributed by atoms with Gasteiger partial charge in [-0.3, -0.25) is 14.7 Å². The van der Waals surface area contributed by atoms with Crippen molar-refractivity contribution in [1.29, 1.82) is 0 Å². The molecule has 2 heterocycles. The summed E-state index contributed by atoms with van der Waals surface area (Å²) in [6.45, 7) is 3.66. The maximum Gasteiger partial charge on any atom is 0.239 e. The second-order valence-corrected chi connectivity index (χ2v) is 5.03. The van der Waals surface area contributed by atoms with Gasteiger partial charge in [0.05, 0.1) is 19.3 Å². The third-order valence-electron chi connectivity index (χ3n) is 3.62. The van der Waals surface area contributed by atoms with E-state index in [0.717, 1.165) is 5.56 Å². The van der Waals surface area contributed by atoms with Crippen molar-refractivity contribution in [3.8, 4) is 0 Å². The summed E-state index contributed by atoms with van der Waals surface area (Å²) in [7, 11) is 1.64. The Morgan fingerprint density at radius 2 is 2.25 bits per heavy atom. The van der Waals surface area contributed by atoms with Gasteiger partial charge in [0.25, 0.3) is 0 Å². The number of rotatable bonds is 4. The SMILES string of the molecule is CNC(=O)C1COCCN1C(c1ccncc1)C(C)N. The Morgan fingerprint density at radius 1 is 1.55 bits per heavy atom. The number of ether oxygens (including phenoxy) is 1. The lowest BCUT2D eigenvalue weighted by Gasteiger charge is -2.41. The number of morpholine rings is 1. The van der Waals surface area contributed by atoms with Gasteiger partial charge in [0, 0.05) is 32.0 Å². The maximum absolute atomic E-state index is 12.0. The van der Waals surface area contributed by atoms with E-state index in [1.54, 1.807) is 19.4 Å². The molecule has 2 rings (SSSR count). The minimum absolute atomic E-state index is 0.0239. The maximum atomic E-state index is 12.0. The minimum atomic E-state index is -0.307. The molecule has 1 fully saturated rings. The second-order valence-electron chi connectivity index (χ2n) is 5.03. The van der Waals surface area contributed by atoms with E-state index in [4.69, 9.17) is 10.5 Å². The van der Waals surface area contributed by atoms with Crippen molar-refractivity contribution in [1.82, 2.24) is 15.2 Å². The molecule has 6 nitrogen and oxygen atoms in total. The number of aromatic nitrogens is 1. The molecule has 0 saturated carbocycles. The predicted octanol–water partition coefficient (Wildman–Crippen LogP) is -0.0833. The highest BCUT2D eigenvalue weighted by molar-refractivity contribution is 5.81. The fourth-order valence-corrected chi connectivity index (χ4v) is 2.70. The lowest BCUT2D eigenvalue weighted by Crippen LogP contribution is -2.56. The molecule has 1 aliphatic rings. The summed E-state index contributed by atoms with van der Waals surface area (Å²) >= 11 is 0. The molecule has 0 aromatic carbocycles. The van der Waals surface area contributed by atoms with Crippen molar-refractivity contribution in [2.24, 2.45) is 5.73 Å². The van der Waals surface area contributed by atoms with Gasteiger partial charge in [-0.15, -0.1) is 0 Å². The zero-order valence-electron chi connectivity index (χ0n) is 12.0. The molecule has 0 aliphatic carbocycles. The Kier molecular flexibility index (Phi) is 5.05. The van der Waals surface area contributed by atoms with Crippen LogP contribution in [0, 0.1) is 0 Å². The molecule has 3 N–H and O–H groups in total. The standard InChI is InChI=1S/C14H22N4O2/c1-10(15)13(11-3-5-17-6-4-11)18-7-8-20-9-12(18)14(19)16-2/h3-6,10,12-13H,7-9,15H2,1-2H3,(H,16,19). The molecular formula is C14H22N4O2. The molecule has 0 bridgehead atoms. The topological polar surface area (TPSA) is 80.5 Å². The smallest absolute Gasteiger partial charge is 0.239 e. The summed E-state index contributed by atoms with van der Waals surface area (Å²) < 4.78 is 5.45. The molecule has 110 valence electrons. The zero-order valence-corrected chi connectivity index (χ0v) is 12.0. The third-order valence-corrected chi connectivity index (χ3v) is 3.62.